The van der Waals surface area contributed by atoms with Gasteiger partial charge in [-0.15, -0.1) is 0 Å². The van der Waals surface area contributed by atoms with Crippen molar-refractivity contribution >= 4 is 29.1 Å². The summed E-state index contributed by atoms with van der Waals surface area (Å²) in [5.74, 6) is 0.442. The molecule has 4 nitrogen and oxygen atoms in total. The summed E-state index contributed by atoms with van der Waals surface area (Å²) in [6.07, 6.45) is 11.8. The second-order valence-electron chi connectivity index (χ2n) is 7.91. The molecule has 0 atom stereocenters. The van der Waals surface area contributed by atoms with Gasteiger partial charge in [-0.3, -0.25) is 9.78 Å². The van der Waals surface area contributed by atoms with Gasteiger partial charge in [-0.05, 0) is 39.5 Å². The number of rotatable bonds is 5. The Kier molecular flexibility index (Phi) is 7.27. The lowest BCUT2D eigenvalue weighted by atomic mass is 9.88. The number of pyridine rings is 1. The van der Waals surface area contributed by atoms with Gasteiger partial charge in [-0.1, -0.05) is 61.7 Å². The highest BCUT2D eigenvalue weighted by molar-refractivity contribution is 6.37. The molecule has 0 radical (unpaired) electrons. The standard InChI is InChI=1S/C21H30Cl2N2O2/c1-14-19(22)21(20(23)15(2)24-14)27-13-18(26)25(16-9-5-3-6-10-16)17-11-7-4-8-12-17/h16-17H,3-13H2,1-2H3. The lowest BCUT2D eigenvalue weighted by Gasteiger charge is -2.41. The molecule has 2 saturated carbocycles. The lowest BCUT2D eigenvalue weighted by Crippen LogP contribution is -2.50. The zero-order valence-electron chi connectivity index (χ0n) is 16.4. The number of carbonyl (C=O) groups excluding carboxylic acids is 1. The van der Waals surface area contributed by atoms with Gasteiger partial charge >= 0.3 is 0 Å². The third-order valence-corrected chi connectivity index (χ3v) is 6.82. The van der Waals surface area contributed by atoms with Crippen molar-refractivity contribution in [2.45, 2.75) is 90.1 Å². The highest BCUT2D eigenvalue weighted by Crippen LogP contribution is 2.36. The Morgan fingerprint density at radius 1 is 0.926 bits per heavy atom. The SMILES string of the molecule is Cc1nc(C)c(Cl)c(OCC(=O)N(C2CCCCC2)C2CCCCC2)c1Cl. The summed E-state index contributed by atoms with van der Waals surface area (Å²) in [4.78, 5) is 19.7. The summed E-state index contributed by atoms with van der Waals surface area (Å²) < 4.78 is 5.86. The fraction of sp³-hybridized carbons (Fsp3) is 0.714. The Labute approximate surface area is 172 Å². The number of nitrogens with zero attached hydrogens (tertiary/aromatic N) is 2. The maximum absolute atomic E-state index is 13.2. The molecule has 0 spiro atoms. The van der Waals surface area contributed by atoms with Gasteiger partial charge in [0.25, 0.3) is 5.91 Å². The molecule has 1 aromatic rings. The van der Waals surface area contributed by atoms with E-state index in [2.05, 4.69) is 9.88 Å². The normalized spacial score (nSPS) is 19.1. The van der Waals surface area contributed by atoms with Crippen molar-refractivity contribution in [3.8, 4) is 5.75 Å². The van der Waals surface area contributed by atoms with Crippen molar-refractivity contribution in [1.29, 1.82) is 0 Å². The van der Waals surface area contributed by atoms with Crippen LogP contribution in [0.4, 0.5) is 0 Å². The third kappa shape index (κ3) is 4.89. The van der Waals surface area contributed by atoms with Gasteiger partial charge in [-0.25, -0.2) is 0 Å². The first-order valence-corrected chi connectivity index (χ1v) is 11.0. The van der Waals surface area contributed by atoms with Crippen LogP contribution in [-0.4, -0.2) is 34.5 Å². The van der Waals surface area contributed by atoms with Crippen molar-refractivity contribution in [3.63, 3.8) is 0 Å². The van der Waals surface area contributed by atoms with E-state index in [1.165, 1.54) is 38.5 Å². The van der Waals surface area contributed by atoms with Crippen LogP contribution in [0.15, 0.2) is 0 Å². The average molecular weight is 413 g/mol. The van der Waals surface area contributed by atoms with Crippen molar-refractivity contribution in [3.05, 3.63) is 21.4 Å². The molecular weight excluding hydrogens is 383 g/mol. The summed E-state index contributed by atoms with van der Waals surface area (Å²) in [5.41, 5.74) is 1.33. The first-order chi connectivity index (χ1) is 13.0. The van der Waals surface area contributed by atoms with Crippen LogP contribution in [0.2, 0.25) is 10.0 Å². The van der Waals surface area contributed by atoms with Crippen LogP contribution in [0.5, 0.6) is 5.75 Å². The van der Waals surface area contributed by atoms with Gasteiger partial charge in [0.1, 0.15) is 10.0 Å². The van der Waals surface area contributed by atoms with Gasteiger partial charge in [0, 0.05) is 12.1 Å². The Bertz CT molecular complexity index is 624. The third-order valence-electron chi connectivity index (χ3n) is 5.93. The van der Waals surface area contributed by atoms with E-state index in [0.29, 0.717) is 39.3 Å². The Morgan fingerprint density at radius 3 is 1.81 bits per heavy atom. The second kappa shape index (κ2) is 9.47. The first-order valence-electron chi connectivity index (χ1n) is 10.2. The largest absolute Gasteiger partial charge is 0.480 e. The Balaban J connectivity index is 1.74. The van der Waals surface area contributed by atoms with E-state index >= 15 is 0 Å². The number of aryl methyl sites for hydroxylation is 2. The molecule has 0 N–H and O–H groups in total. The molecule has 0 aliphatic heterocycles. The van der Waals surface area contributed by atoms with E-state index in [1.807, 2.05) is 13.8 Å². The van der Waals surface area contributed by atoms with Crippen LogP contribution in [0.25, 0.3) is 0 Å². The van der Waals surface area contributed by atoms with Crippen molar-refractivity contribution in [2.24, 2.45) is 0 Å². The van der Waals surface area contributed by atoms with Crippen molar-refractivity contribution in [1.82, 2.24) is 9.88 Å². The zero-order valence-corrected chi connectivity index (χ0v) is 17.9. The first kappa shape index (κ1) is 20.7. The van der Waals surface area contributed by atoms with E-state index in [0.717, 1.165) is 25.7 Å². The number of hydrogen-bond donors (Lipinski definition) is 0. The van der Waals surface area contributed by atoms with E-state index < -0.39 is 0 Å². The van der Waals surface area contributed by atoms with Gasteiger partial charge in [-0.2, -0.15) is 0 Å². The lowest BCUT2D eigenvalue weighted by molar-refractivity contribution is -0.140. The average Bonchev–Trinajstić information content (AvgIpc) is 2.68. The number of ether oxygens (including phenoxy) is 1. The maximum Gasteiger partial charge on any atom is 0.261 e. The minimum absolute atomic E-state index is 0.0185. The molecule has 6 heteroatoms. The van der Waals surface area contributed by atoms with Crippen LogP contribution in [-0.2, 0) is 4.79 Å². The maximum atomic E-state index is 13.2. The van der Waals surface area contributed by atoms with E-state index in [1.54, 1.807) is 0 Å². The molecule has 0 aromatic carbocycles. The molecule has 0 saturated heterocycles. The molecule has 0 bridgehead atoms. The van der Waals surface area contributed by atoms with E-state index in [9.17, 15) is 4.79 Å². The second-order valence-corrected chi connectivity index (χ2v) is 8.67. The van der Waals surface area contributed by atoms with Gasteiger partial charge in [0.05, 0.1) is 11.4 Å². The van der Waals surface area contributed by atoms with Gasteiger partial charge in [0.15, 0.2) is 12.4 Å². The van der Waals surface area contributed by atoms with E-state index in [-0.39, 0.29) is 12.5 Å². The summed E-state index contributed by atoms with van der Waals surface area (Å²) >= 11 is 12.7. The van der Waals surface area contributed by atoms with Gasteiger partial charge < -0.3 is 9.64 Å². The summed E-state index contributed by atoms with van der Waals surface area (Å²) in [6.45, 7) is 3.61. The van der Waals surface area contributed by atoms with Crippen LogP contribution in [0.3, 0.4) is 0 Å². The zero-order chi connectivity index (χ0) is 19.4. The molecule has 2 aliphatic rings. The molecule has 2 aliphatic carbocycles. The van der Waals surface area contributed by atoms with Crippen LogP contribution in [0.1, 0.15) is 75.6 Å². The Hall–Kier alpha value is -1.00. The summed E-state index contributed by atoms with van der Waals surface area (Å²) in [5, 5.41) is 0.778. The smallest absolute Gasteiger partial charge is 0.261 e. The van der Waals surface area contributed by atoms with Crippen LogP contribution < -0.4 is 4.74 Å². The highest BCUT2D eigenvalue weighted by Gasteiger charge is 2.32. The molecule has 2 fully saturated rings. The van der Waals surface area contributed by atoms with Gasteiger partial charge in [0.2, 0.25) is 0 Å². The molecule has 27 heavy (non-hydrogen) atoms. The fourth-order valence-corrected chi connectivity index (χ4v) is 4.96. The van der Waals surface area contributed by atoms with Crippen LogP contribution in [0, 0.1) is 13.8 Å². The van der Waals surface area contributed by atoms with E-state index in [4.69, 9.17) is 27.9 Å². The van der Waals surface area contributed by atoms with Crippen LogP contribution >= 0.6 is 23.2 Å². The summed E-state index contributed by atoms with van der Waals surface area (Å²) in [7, 11) is 0. The topological polar surface area (TPSA) is 42.4 Å². The number of aromatic nitrogens is 1. The number of halogens is 2. The summed E-state index contributed by atoms with van der Waals surface area (Å²) in [6, 6.07) is 0.703. The molecule has 3 rings (SSSR count). The van der Waals surface area contributed by atoms with Crippen molar-refractivity contribution < 1.29 is 9.53 Å². The molecule has 1 aromatic heterocycles. The molecule has 0 unspecified atom stereocenters. The molecule has 150 valence electrons. The predicted molar refractivity (Wildman–Crippen MR) is 110 cm³/mol. The number of amides is 1. The fourth-order valence-electron chi connectivity index (χ4n) is 4.53. The minimum Gasteiger partial charge on any atom is -0.480 e. The minimum atomic E-state index is -0.0185. The number of carbonyl (C=O) groups is 1. The highest BCUT2D eigenvalue weighted by atomic mass is 35.5. The Morgan fingerprint density at radius 2 is 1.37 bits per heavy atom. The molecule has 1 amide bonds. The predicted octanol–water partition coefficient (Wildman–Crippen LogP) is 5.88. The quantitative estimate of drug-likeness (QED) is 0.606. The molecule has 1 heterocycles. The molecular formula is C21H30Cl2N2O2. The number of hydrogen-bond acceptors (Lipinski definition) is 3. The van der Waals surface area contributed by atoms with Crippen molar-refractivity contribution in [2.75, 3.05) is 6.61 Å². The monoisotopic (exact) mass is 412 g/mol.